The summed E-state index contributed by atoms with van der Waals surface area (Å²) in [5.74, 6) is -0.647. The van der Waals surface area contributed by atoms with Crippen molar-refractivity contribution in [3.05, 3.63) is 94.9 Å². The number of carbonyl (C=O) groups excluding carboxylic acids is 2. The monoisotopic (exact) mass is 569 g/mol. The van der Waals surface area contributed by atoms with Crippen LogP contribution in [0, 0.1) is 13.1 Å². The van der Waals surface area contributed by atoms with Crippen molar-refractivity contribution in [3.63, 3.8) is 0 Å². The SMILES string of the molecule is Cc1cc(C(=O)Nc2cccc(C(C)N[C-]=CN=c3cnn(C)[cH-]3)c2)ccc1C(=O)OCCN1CCOCC1.[K+]. The van der Waals surface area contributed by atoms with Gasteiger partial charge in [0.25, 0.3) is 5.91 Å². The summed E-state index contributed by atoms with van der Waals surface area (Å²) in [7, 11) is 1.83. The molecule has 2 N–H and O–H groups in total. The Kier molecular flexibility index (Phi) is 12.9. The van der Waals surface area contributed by atoms with Gasteiger partial charge in [0, 0.05) is 44.0 Å². The predicted octanol–water partition coefficient (Wildman–Crippen LogP) is -0.281. The summed E-state index contributed by atoms with van der Waals surface area (Å²) < 4.78 is 12.5. The molecule has 11 heteroatoms. The van der Waals surface area contributed by atoms with Crippen LogP contribution in [0.1, 0.15) is 44.8 Å². The van der Waals surface area contributed by atoms with Gasteiger partial charge >= 0.3 is 57.4 Å². The standard InChI is InChI=1S/C29H34N6O4.K/c1-21-17-24(7-8-27(21)29(37)39-16-13-35-11-14-38-15-12-35)28(36)33-25-6-4-5-23(18-25)22(2)30-9-10-31-26-19-32-34(3)20-26;/h4-8,10,17-20,22,30H,11-16H2,1-3H3,(H,33,36);/q-2;+1. The maximum absolute atomic E-state index is 12.9. The fraction of sp³-hybridized carbons (Fsp3) is 0.345. The minimum Gasteiger partial charge on any atom is -0.560 e. The molecule has 3 aromatic rings. The first-order valence-electron chi connectivity index (χ1n) is 12.9. The Bertz CT molecular complexity index is 1380. The number of nitrogens with zero attached hydrogens (tertiary/aromatic N) is 4. The Balaban J connectivity index is 0.00000441. The first-order valence-corrected chi connectivity index (χ1v) is 12.9. The van der Waals surface area contributed by atoms with Crippen molar-refractivity contribution in [2.45, 2.75) is 19.9 Å². The van der Waals surface area contributed by atoms with E-state index in [0.717, 1.165) is 24.0 Å². The molecule has 2 aromatic carbocycles. The molecular formula is C29H34KN6O4-. The van der Waals surface area contributed by atoms with Gasteiger partial charge in [-0.25, -0.2) is 4.79 Å². The number of nitrogens with one attached hydrogen (secondary N) is 2. The number of anilines is 1. The average molecular weight is 570 g/mol. The van der Waals surface area contributed by atoms with Crippen LogP contribution >= 0.6 is 0 Å². The van der Waals surface area contributed by atoms with E-state index in [2.05, 4.69) is 31.8 Å². The van der Waals surface area contributed by atoms with Gasteiger partial charge in [-0.15, -0.1) is 6.20 Å². The van der Waals surface area contributed by atoms with Gasteiger partial charge in [-0.05, 0) is 55.3 Å². The number of rotatable bonds is 10. The van der Waals surface area contributed by atoms with Crippen molar-refractivity contribution in [2.24, 2.45) is 12.0 Å². The normalized spacial score (nSPS) is 14.9. The minimum absolute atomic E-state index is 0. The molecule has 0 aliphatic carbocycles. The number of morpholine rings is 1. The van der Waals surface area contributed by atoms with Gasteiger partial charge in [0.1, 0.15) is 6.61 Å². The van der Waals surface area contributed by atoms with E-state index in [9.17, 15) is 9.59 Å². The van der Waals surface area contributed by atoms with Crippen LogP contribution in [0.3, 0.4) is 0 Å². The average Bonchev–Trinajstić information content (AvgIpc) is 3.36. The maximum Gasteiger partial charge on any atom is 1.00 e. The molecule has 1 fully saturated rings. The first-order chi connectivity index (χ1) is 18.9. The molecule has 1 amide bonds. The number of ether oxygens (including phenoxy) is 2. The molecule has 0 radical (unpaired) electrons. The van der Waals surface area contributed by atoms with Gasteiger partial charge in [-0.3, -0.25) is 14.8 Å². The molecule has 1 aromatic heterocycles. The minimum atomic E-state index is -0.388. The number of aryl methyl sites for hydroxylation is 2. The summed E-state index contributed by atoms with van der Waals surface area (Å²) in [5, 5.41) is 10.9. The second kappa shape index (κ2) is 16.1. The molecule has 40 heavy (non-hydrogen) atoms. The number of aromatic nitrogens is 2. The number of hydrogen-bond donors (Lipinski definition) is 2. The number of carbonyl (C=O) groups is 2. The van der Waals surface area contributed by atoms with Crippen molar-refractivity contribution >= 4 is 17.6 Å². The van der Waals surface area contributed by atoms with E-state index in [-0.39, 0.29) is 69.3 Å². The number of amides is 1. The van der Waals surface area contributed by atoms with Crippen LogP contribution in [-0.2, 0) is 16.5 Å². The zero-order chi connectivity index (χ0) is 27.6. The second-order valence-electron chi connectivity index (χ2n) is 9.34. The Morgan fingerprint density at radius 2 is 2.05 bits per heavy atom. The van der Waals surface area contributed by atoms with Crippen LogP contribution in [-0.4, -0.2) is 66.0 Å². The number of benzene rings is 2. The largest absolute Gasteiger partial charge is 1.00 e. The summed E-state index contributed by atoms with van der Waals surface area (Å²) in [6.07, 6.45) is 8.00. The smallest absolute Gasteiger partial charge is 0.560 e. The van der Waals surface area contributed by atoms with Gasteiger partial charge in [0.2, 0.25) is 0 Å². The van der Waals surface area contributed by atoms with Crippen LogP contribution in [0.2, 0.25) is 0 Å². The molecule has 10 nitrogen and oxygen atoms in total. The van der Waals surface area contributed by atoms with E-state index in [1.165, 1.54) is 0 Å². The molecular weight excluding hydrogens is 535 g/mol. The molecule has 1 aliphatic heterocycles. The molecule has 1 atom stereocenters. The van der Waals surface area contributed by atoms with E-state index in [1.807, 2.05) is 44.4 Å². The fourth-order valence-corrected chi connectivity index (χ4v) is 4.12. The Hall–Kier alpha value is -2.51. The van der Waals surface area contributed by atoms with Gasteiger partial charge in [0.05, 0.1) is 18.8 Å². The van der Waals surface area contributed by atoms with Crippen LogP contribution in [0.15, 0.2) is 66.1 Å². The van der Waals surface area contributed by atoms with Crippen molar-refractivity contribution in [1.29, 1.82) is 0 Å². The van der Waals surface area contributed by atoms with Crippen molar-refractivity contribution in [3.8, 4) is 0 Å². The van der Waals surface area contributed by atoms with Crippen molar-refractivity contribution in [1.82, 2.24) is 20.0 Å². The second-order valence-corrected chi connectivity index (χ2v) is 9.34. The van der Waals surface area contributed by atoms with Crippen molar-refractivity contribution < 1.29 is 70.4 Å². The molecule has 1 saturated heterocycles. The van der Waals surface area contributed by atoms with Crippen LogP contribution < -0.4 is 67.4 Å². The predicted molar refractivity (Wildman–Crippen MR) is 147 cm³/mol. The third-order valence-corrected chi connectivity index (χ3v) is 6.37. The molecule has 0 bridgehead atoms. The van der Waals surface area contributed by atoms with Gasteiger partial charge in [-0.2, -0.15) is 0 Å². The summed E-state index contributed by atoms with van der Waals surface area (Å²) in [6.45, 7) is 7.89. The molecule has 1 aliphatic rings. The topological polar surface area (TPSA) is 110 Å². The first kappa shape index (κ1) is 32.0. The molecule has 0 saturated carbocycles. The van der Waals surface area contributed by atoms with Crippen LogP contribution in [0.4, 0.5) is 5.69 Å². The van der Waals surface area contributed by atoms with Gasteiger partial charge < -0.3 is 36.0 Å². The Morgan fingerprint density at radius 3 is 2.77 bits per heavy atom. The zero-order valence-corrected chi connectivity index (χ0v) is 26.6. The molecule has 4 rings (SSSR count). The quantitative estimate of drug-likeness (QED) is 0.150. The van der Waals surface area contributed by atoms with Gasteiger partial charge in [0.15, 0.2) is 0 Å². The number of esters is 1. The number of hydrogen-bond acceptors (Lipinski definition) is 8. The molecule has 1 unspecified atom stereocenters. The van der Waals surface area contributed by atoms with E-state index < -0.39 is 0 Å². The maximum atomic E-state index is 12.9. The summed E-state index contributed by atoms with van der Waals surface area (Å²) in [6, 6.07) is 12.5. The van der Waals surface area contributed by atoms with E-state index in [4.69, 9.17) is 9.47 Å². The molecule has 2 heterocycles. The van der Waals surface area contributed by atoms with Crippen molar-refractivity contribution in [2.75, 3.05) is 44.8 Å². The summed E-state index contributed by atoms with van der Waals surface area (Å²) in [5.41, 5.74) is 3.24. The third kappa shape index (κ3) is 9.55. The zero-order valence-electron chi connectivity index (χ0n) is 23.5. The Morgan fingerprint density at radius 1 is 1.25 bits per heavy atom. The van der Waals surface area contributed by atoms with Crippen LogP contribution in [0.25, 0.3) is 0 Å². The summed E-state index contributed by atoms with van der Waals surface area (Å²) >= 11 is 0. The summed E-state index contributed by atoms with van der Waals surface area (Å²) in [4.78, 5) is 32.0. The fourth-order valence-electron chi connectivity index (χ4n) is 4.12. The van der Waals surface area contributed by atoms with E-state index >= 15 is 0 Å². The van der Waals surface area contributed by atoms with E-state index in [0.29, 0.717) is 48.7 Å². The molecule has 0 spiro atoms. The van der Waals surface area contributed by atoms with Crippen LogP contribution in [0.5, 0.6) is 0 Å². The van der Waals surface area contributed by atoms with Gasteiger partial charge in [-0.1, -0.05) is 29.9 Å². The third-order valence-electron chi connectivity index (χ3n) is 6.37. The molecule has 206 valence electrons. The van der Waals surface area contributed by atoms with E-state index in [1.54, 1.807) is 42.2 Å². The Labute approximate surface area is 277 Å².